The van der Waals surface area contributed by atoms with Crippen LogP contribution in [0.2, 0.25) is 5.02 Å². The molecule has 0 aliphatic rings. The van der Waals surface area contributed by atoms with Gasteiger partial charge in [0.2, 0.25) is 0 Å². The first-order chi connectivity index (χ1) is 11.6. The van der Waals surface area contributed by atoms with Gasteiger partial charge < -0.3 is 9.72 Å². The molecule has 2 aromatic heterocycles. The summed E-state index contributed by atoms with van der Waals surface area (Å²) < 4.78 is 33.9. The molecule has 3 rings (SSSR count). The Labute approximate surface area is 147 Å². The third-order valence-corrected chi connectivity index (χ3v) is 3.80. The monoisotopic (exact) mass is 367 g/mol. The lowest BCUT2D eigenvalue weighted by Crippen LogP contribution is -2.34. The van der Waals surface area contributed by atoms with E-state index >= 15 is 0 Å². The zero-order chi connectivity index (χ0) is 18.5. The van der Waals surface area contributed by atoms with E-state index in [-0.39, 0.29) is 16.6 Å². The van der Waals surface area contributed by atoms with Gasteiger partial charge in [0.1, 0.15) is 11.2 Å². The molecule has 0 spiro atoms. The van der Waals surface area contributed by atoms with Gasteiger partial charge in [-0.05, 0) is 26.8 Å². The Morgan fingerprint density at radius 3 is 2.64 bits per heavy atom. The van der Waals surface area contributed by atoms with Gasteiger partial charge in [0.05, 0.1) is 16.2 Å². The van der Waals surface area contributed by atoms with Crippen molar-refractivity contribution in [3.05, 3.63) is 35.0 Å². The minimum absolute atomic E-state index is 0.0181. The average Bonchev–Trinajstić information content (AvgIpc) is 2.87. The fourth-order valence-corrected chi connectivity index (χ4v) is 2.69. The highest BCUT2D eigenvalue weighted by Gasteiger charge is 2.25. The molecule has 0 bridgehead atoms. The molecule has 1 aromatic carbocycles. The van der Waals surface area contributed by atoms with E-state index in [4.69, 9.17) is 16.3 Å². The summed E-state index contributed by atoms with van der Waals surface area (Å²) in [5.41, 5.74) is -0.0181. The second kappa shape index (κ2) is 5.84. The van der Waals surface area contributed by atoms with Gasteiger partial charge in [0.25, 0.3) is 0 Å². The van der Waals surface area contributed by atoms with Gasteiger partial charge in [-0.25, -0.2) is 18.6 Å². The van der Waals surface area contributed by atoms with Gasteiger partial charge in [-0.1, -0.05) is 11.6 Å². The molecular weight excluding hydrogens is 352 g/mol. The Morgan fingerprint density at radius 1 is 1.32 bits per heavy atom. The quantitative estimate of drug-likeness (QED) is 0.657. The summed E-state index contributed by atoms with van der Waals surface area (Å²) in [5, 5.41) is 0.604. The fourth-order valence-electron chi connectivity index (χ4n) is 2.53. The third-order valence-electron chi connectivity index (χ3n) is 3.59. The van der Waals surface area contributed by atoms with E-state index in [0.29, 0.717) is 16.1 Å². The van der Waals surface area contributed by atoms with Crippen LogP contribution in [0.25, 0.3) is 21.9 Å². The van der Waals surface area contributed by atoms with Crippen LogP contribution in [0.1, 0.15) is 20.8 Å². The van der Waals surface area contributed by atoms with Crippen molar-refractivity contribution in [3.63, 3.8) is 0 Å². The number of amides is 1. The number of carbonyl (C=O) groups excluding carboxylic acids is 1. The number of rotatable bonds is 1. The van der Waals surface area contributed by atoms with Crippen LogP contribution in [0.4, 0.5) is 19.3 Å². The van der Waals surface area contributed by atoms with Crippen molar-refractivity contribution in [3.8, 4) is 0 Å². The Bertz CT molecular complexity index is 995. The highest BCUT2D eigenvalue weighted by Crippen LogP contribution is 2.36. The Balaban J connectivity index is 2.24. The van der Waals surface area contributed by atoms with Crippen LogP contribution in [0.5, 0.6) is 0 Å². The van der Waals surface area contributed by atoms with Gasteiger partial charge in [-0.15, -0.1) is 0 Å². The van der Waals surface area contributed by atoms with Crippen LogP contribution in [-0.4, -0.2) is 28.7 Å². The van der Waals surface area contributed by atoms with Gasteiger partial charge in [0.15, 0.2) is 11.6 Å². The lowest BCUT2D eigenvalue weighted by molar-refractivity contribution is 0.0589. The number of nitrogens with zero attached hydrogens (tertiary/aromatic N) is 2. The predicted octanol–water partition coefficient (Wildman–Crippen LogP) is 5.02. The van der Waals surface area contributed by atoms with Gasteiger partial charge >= 0.3 is 6.09 Å². The van der Waals surface area contributed by atoms with Crippen molar-refractivity contribution in [1.29, 1.82) is 0 Å². The van der Waals surface area contributed by atoms with E-state index < -0.39 is 23.3 Å². The molecule has 0 atom stereocenters. The smallest absolute Gasteiger partial charge is 0.414 e. The molecular formula is C17H16ClF2N3O2. The normalized spacial score (nSPS) is 12.0. The number of aromatic amines is 1. The standard InChI is InChI=1S/C17H16ClF2N3O2/c1-17(2,3)25-16(24)23(4)11-6-10(19)13(20)12-9-5-8(18)7-21-15(9)22-14(11)12/h5-7H,1-4H3,(H,21,22). The molecule has 0 unspecified atom stereocenters. The molecule has 1 N–H and O–H groups in total. The zero-order valence-electron chi connectivity index (χ0n) is 14.1. The number of ether oxygens (including phenoxy) is 1. The summed E-state index contributed by atoms with van der Waals surface area (Å²) >= 11 is 5.92. The van der Waals surface area contributed by atoms with Crippen molar-refractivity contribution in [2.45, 2.75) is 26.4 Å². The highest BCUT2D eigenvalue weighted by molar-refractivity contribution is 6.31. The van der Waals surface area contributed by atoms with Crippen molar-refractivity contribution >= 4 is 45.3 Å². The van der Waals surface area contributed by atoms with Crippen LogP contribution in [0.15, 0.2) is 18.3 Å². The molecule has 0 aliphatic heterocycles. The fraction of sp³-hybridized carbons (Fsp3) is 0.294. The Hall–Kier alpha value is -2.41. The van der Waals surface area contributed by atoms with Crippen LogP contribution in [0.3, 0.4) is 0 Å². The number of benzene rings is 1. The summed E-state index contributed by atoms with van der Waals surface area (Å²) in [7, 11) is 1.42. The van der Waals surface area contributed by atoms with Crippen molar-refractivity contribution in [1.82, 2.24) is 9.97 Å². The second-order valence-electron chi connectivity index (χ2n) is 6.66. The number of pyridine rings is 1. The minimum atomic E-state index is -1.08. The summed E-state index contributed by atoms with van der Waals surface area (Å²) in [4.78, 5) is 20.4. The number of anilines is 1. The lowest BCUT2D eigenvalue weighted by Gasteiger charge is -2.25. The number of halogens is 3. The van der Waals surface area contributed by atoms with Gasteiger partial charge in [0, 0.05) is 30.1 Å². The SMILES string of the molecule is CN(C(=O)OC(C)(C)C)c1cc(F)c(F)c2c1[nH]c1ncc(Cl)cc12. The maximum absolute atomic E-state index is 14.4. The topological polar surface area (TPSA) is 58.2 Å². The van der Waals surface area contributed by atoms with Crippen LogP contribution < -0.4 is 4.90 Å². The largest absolute Gasteiger partial charge is 0.443 e. The summed E-state index contributed by atoms with van der Waals surface area (Å²) in [6.07, 6.45) is 0.703. The zero-order valence-corrected chi connectivity index (χ0v) is 14.8. The number of hydrogen-bond acceptors (Lipinski definition) is 3. The summed E-state index contributed by atoms with van der Waals surface area (Å²) in [6.45, 7) is 5.15. The van der Waals surface area contributed by atoms with Crippen LogP contribution in [0, 0.1) is 11.6 Å². The van der Waals surface area contributed by atoms with Crippen LogP contribution >= 0.6 is 11.6 Å². The Morgan fingerprint density at radius 2 is 2.00 bits per heavy atom. The number of fused-ring (bicyclic) bond motifs is 3. The first-order valence-electron chi connectivity index (χ1n) is 7.50. The number of hydrogen-bond donors (Lipinski definition) is 1. The molecule has 2 heterocycles. The molecule has 5 nitrogen and oxygen atoms in total. The maximum Gasteiger partial charge on any atom is 0.414 e. The Kier molecular flexibility index (Phi) is 4.07. The molecule has 0 radical (unpaired) electrons. The van der Waals surface area contributed by atoms with E-state index in [1.807, 2.05) is 0 Å². The summed E-state index contributed by atoms with van der Waals surface area (Å²) in [5.74, 6) is -2.12. The molecule has 132 valence electrons. The van der Waals surface area contributed by atoms with E-state index in [9.17, 15) is 13.6 Å². The van der Waals surface area contributed by atoms with E-state index in [0.717, 1.165) is 11.0 Å². The van der Waals surface area contributed by atoms with E-state index in [1.165, 1.54) is 19.3 Å². The van der Waals surface area contributed by atoms with Crippen molar-refractivity contribution < 1.29 is 18.3 Å². The maximum atomic E-state index is 14.4. The van der Waals surface area contributed by atoms with Crippen molar-refractivity contribution in [2.75, 3.05) is 11.9 Å². The average molecular weight is 368 g/mol. The number of H-pyrrole nitrogens is 1. The molecule has 8 heteroatoms. The third kappa shape index (κ3) is 3.11. The van der Waals surface area contributed by atoms with Crippen molar-refractivity contribution in [2.24, 2.45) is 0 Å². The molecule has 0 saturated carbocycles. The lowest BCUT2D eigenvalue weighted by atomic mass is 10.1. The van der Waals surface area contributed by atoms with Gasteiger partial charge in [-0.3, -0.25) is 4.90 Å². The van der Waals surface area contributed by atoms with Gasteiger partial charge in [-0.2, -0.15) is 0 Å². The second-order valence-corrected chi connectivity index (χ2v) is 7.09. The number of carbonyl (C=O) groups is 1. The first kappa shape index (κ1) is 17.4. The van der Waals surface area contributed by atoms with E-state index in [2.05, 4.69) is 9.97 Å². The molecule has 1 amide bonds. The van der Waals surface area contributed by atoms with E-state index in [1.54, 1.807) is 20.8 Å². The molecule has 0 fully saturated rings. The molecule has 25 heavy (non-hydrogen) atoms. The molecule has 3 aromatic rings. The molecule has 0 saturated heterocycles. The number of nitrogens with one attached hydrogen (secondary N) is 1. The molecule has 0 aliphatic carbocycles. The summed E-state index contributed by atoms with van der Waals surface area (Å²) in [6, 6.07) is 2.43. The highest BCUT2D eigenvalue weighted by atomic mass is 35.5. The minimum Gasteiger partial charge on any atom is -0.443 e. The predicted molar refractivity (Wildman–Crippen MR) is 93.2 cm³/mol. The van der Waals surface area contributed by atoms with Crippen LogP contribution in [-0.2, 0) is 4.74 Å². The first-order valence-corrected chi connectivity index (χ1v) is 7.88. The number of aromatic nitrogens is 2.